The van der Waals surface area contributed by atoms with Crippen molar-refractivity contribution < 1.29 is 14.3 Å². The molecule has 112 valence electrons. The molecule has 0 aliphatic rings. The van der Waals surface area contributed by atoms with Gasteiger partial charge in [-0.3, -0.25) is 0 Å². The predicted molar refractivity (Wildman–Crippen MR) is 79.6 cm³/mol. The van der Waals surface area contributed by atoms with Gasteiger partial charge in [0.15, 0.2) is 0 Å². The zero-order chi connectivity index (χ0) is 15.1. The maximum atomic E-state index is 13.7. The van der Waals surface area contributed by atoms with Crippen LogP contribution >= 0.6 is 0 Å². The second-order valence-corrected chi connectivity index (χ2v) is 5.00. The van der Waals surface area contributed by atoms with Crippen LogP contribution in [0.15, 0.2) is 12.1 Å². The lowest BCUT2D eigenvalue weighted by molar-refractivity contribution is 0.0692. The predicted octanol–water partition coefficient (Wildman–Crippen LogP) is 3.88. The van der Waals surface area contributed by atoms with Crippen LogP contribution in [0, 0.1) is 5.82 Å². The average Bonchev–Trinajstić information content (AvgIpc) is 2.39. The molecule has 20 heavy (non-hydrogen) atoms. The molecule has 4 nitrogen and oxygen atoms in total. The van der Waals surface area contributed by atoms with Crippen LogP contribution < -0.4 is 11.1 Å². The normalized spacial score (nSPS) is 12.2. The molecule has 4 N–H and O–H groups in total. The Morgan fingerprint density at radius 2 is 2.05 bits per heavy atom. The summed E-state index contributed by atoms with van der Waals surface area (Å²) >= 11 is 0. The highest BCUT2D eigenvalue weighted by molar-refractivity contribution is 5.90. The van der Waals surface area contributed by atoms with Crippen LogP contribution in [-0.4, -0.2) is 17.1 Å². The van der Waals surface area contributed by atoms with E-state index in [9.17, 15) is 9.18 Å². The Labute approximate surface area is 119 Å². The Morgan fingerprint density at radius 3 is 2.60 bits per heavy atom. The van der Waals surface area contributed by atoms with Crippen LogP contribution in [0.5, 0.6) is 0 Å². The molecular formula is C15H23FN2O2. The molecule has 0 amide bonds. The molecule has 0 heterocycles. The monoisotopic (exact) mass is 282 g/mol. The summed E-state index contributed by atoms with van der Waals surface area (Å²) < 4.78 is 13.7. The van der Waals surface area contributed by atoms with Crippen LogP contribution in [0.25, 0.3) is 0 Å². The molecule has 1 aromatic rings. The lowest BCUT2D eigenvalue weighted by Gasteiger charge is -2.20. The second-order valence-electron chi connectivity index (χ2n) is 5.00. The fourth-order valence-electron chi connectivity index (χ4n) is 2.19. The number of halogens is 1. The molecule has 1 atom stereocenters. The number of nitrogens with one attached hydrogen (secondary N) is 1. The van der Waals surface area contributed by atoms with Crippen LogP contribution in [0.2, 0.25) is 0 Å². The molecular weight excluding hydrogens is 259 g/mol. The second kappa shape index (κ2) is 7.72. The molecule has 0 bridgehead atoms. The molecule has 1 aromatic carbocycles. The van der Waals surface area contributed by atoms with Gasteiger partial charge in [-0.15, -0.1) is 0 Å². The minimum Gasteiger partial charge on any atom is -0.478 e. The zero-order valence-electron chi connectivity index (χ0n) is 12.1. The summed E-state index contributed by atoms with van der Waals surface area (Å²) in [4.78, 5) is 10.8. The Kier molecular flexibility index (Phi) is 6.28. The number of hydrogen-bond donors (Lipinski definition) is 3. The highest BCUT2D eigenvalue weighted by Gasteiger charge is 2.15. The third-order valence-corrected chi connectivity index (χ3v) is 3.27. The van der Waals surface area contributed by atoms with E-state index in [1.54, 1.807) is 0 Å². The van der Waals surface area contributed by atoms with Gasteiger partial charge < -0.3 is 16.2 Å². The lowest BCUT2D eigenvalue weighted by Crippen LogP contribution is -2.20. The number of hydrogen-bond acceptors (Lipinski definition) is 3. The minimum atomic E-state index is -1.31. The van der Waals surface area contributed by atoms with Gasteiger partial charge >= 0.3 is 5.97 Å². The van der Waals surface area contributed by atoms with E-state index in [1.807, 2.05) is 0 Å². The van der Waals surface area contributed by atoms with Gasteiger partial charge in [0, 0.05) is 6.04 Å². The van der Waals surface area contributed by atoms with Crippen molar-refractivity contribution in [3.63, 3.8) is 0 Å². The minimum absolute atomic E-state index is 0.234. The number of carboxylic acids is 1. The van der Waals surface area contributed by atoms with Crippen molar-refractivity contribution in [3.8, 4) is 0 Å². The van der Waals surface area contributed by atoms with Gasteiger partial charge in [0.1, 0.15) is 5.82 Å². The number of aromatic carboxylic acids is 1. The largest absolute Gasteiger partial charge is 0.478 e. The fraction of sp³-hybridized carbons (Fsp3) is 0.533. The number of benzene rings is 1. The van der Waals surface area contributed by atoms with E-state index in [4.69, 9.17) is 10.8 Å². The SMILES string of the molecule is CCCCC(CCC)Nc1cc(F)c(C(=O)O)cc1N. The third kappa shape index (κ3) is 4.40. The summed E-state index contributed by atoms with van der Waals surface area (Å²) in [5.74, 6) is -2.07. The number of nitrogen functional groups attached to an aromatic ring is 1. The third-order valence-electron chi connectivity index (χ3n) is 3.27. The Morgan fingerprint density at radius 1 is 1.35 bits per heavy atom. The first-order chi connectivity index (χ1) is 9.49. The maximum Gasteiger partial charge on any atom is 0.338 e. The molecule has 0 aliphatic heterocycles. The van der Waals surface area contributed by atoms with Gasteiger partial charge in [-0.1, -0.05) is 33.1 Å². The Bertz CT molecular complexity index is 463. The van der Waals surface area contributed by atoms with E-state index >= 15 is 0 Å². The molecule has 0 saturated carbocycles. The number of nitrogens with two attached hydrogens (primary N) is 1. The van der Waals surface area contributed by atoms with Crippen LogP contribution in [0.1, 0.15) is 56.3 Å². The number of anilines is 2. The smallest absolute Gasteiger partial charge is 0.338 e. The summed E-state index contributed by atoms with van der Waals surface area (Å²) in [5.41, 5.74) is 6.15. The Hall–Kier alpha value is -1.78. The van der Waals surface area contributed by atoms with Crippen molar-refractivity contribution in [3.05, 3.63) is 23.5 Å². The highest BCUT2D eigenvalue weighted by Crippen LogP contribution is 2.25. The van der Waals surface area contributed by atoms with Crippen molar-refractivity contribution in [1.29, 1.82) is 0 Å². The summed E-state index contributed by atoms with van der Waals surface area (Å²) in [7, 11) is 0. The van der Waals surface area contributed by atoms with Gasteiger partial charge in [-0.2, -0.15) is 0 Å². The van der Waals surface area contributed by atoms with Crippen molar-refractivity contribution in [2.45, 2.75) is 52.0 Å². The van der Waals surface area contributed by atoms with Crippen molar-refractivity contribution in [2.24, 2.45) is 0 Å². The standard InChI is InChI=1S/C15H23FN2O2/c1-3-5-7-10(6-4-2)18-14-9-12(16)11(15(19)20)8-13(14)17/h8-10,18H,3-7,17H2,1-2H3,(H,19,20). The van der Waals surface area contributed by atoms with Gasteiger partial charge in [0.2, 0.25) is 0 Å². The number of carboxylic acid groups (broad SMARTS) is 1. The summed E-state index contributed by atoms with van der Waals surface area (Å²) in [6.07, 6.45) is 5.18. The molecule has 1 unspecified atom stereocenters. The lowest BCUT2D eigenvalue weighted by atomic mass is 10.0. The van der Waals surface area contributed by atoms with Crippen LogP contribution in [0.3, 0.4) is 0 Å². The topological polar surface area (TPSA) is 75.3 Å². The van der Waals surface area contributed by atoms with E-state index in [-0.39, 0.29) is 11.7 Å². The van der Waals surface area contributed by atoms with Crippen LogP contribution in [-0.2, 0) is 0 Å². The van der Waals surface area contributed by atoms with Gasteiger partial charge in [-0.05, 0) is 25.0 Å². The number of rotatable bonds is 8. The molecule has 0 saturated heterocycles. The first-order valence-electron chi connectivity index (χ1n) is 7.08. The highest BCUT2D eigenvalue weighted by atomic mass is 19.1. The van der Waals surface area contributed by atoms with Gasteiger partial charge in [-0.25, -0.2) is 9.18 Å². The van der Waals surface area contributed by atoms with Crippen molar-refractivity contribution >= 4 is 17.3 Å². The average molecular weight is 282 g/mol. The zero-order valence-corrected chi connectivity index (χ0v) is 12.1. The van der Waals surface area contributed by atoms with E-state index in [0.717, 1.165) is 32.1 Å². The van der Waals surface area contributed by atoms with E-state index < -0.39 is 17.3 Å². The molecule has 1 rings (SSSR count). The molecule has 5 heteroatoms. The van der Waals surface area contributed by atoms with E-state index in [1.165, 1.54) is 12.1 Å². The first-order valence-corrected chi connectivity index (χ1v) is 7.08. The summed E-state index contributed by atoms with van der Waals surface area (Å²) in [6.45, 7) is 4.22. The number of unbranched alkanes of at least 4 members (excludes halogenated alkanes) is 1. The molecule has 0 aromatic heterocycles. The molecule has 0 fully saturated rings. The Balaban J connectivity index is 2.89. The number of carbonyl (C=O) groups is 1. The summed E-state index contributed by atoms with van der Waals surface area (Å²) in [6, 6.07) is 2.58. The van der Waals surface area contributed by atoms with Crippen LogP contribution in [0.4, 0.5) is 15.8 Å². The van der Waals surface area contributed by atoms with Gasteiger partial charge in [0.25, 0.3) is 0 Å². The van der Waals surface area contributed by atoms with E-state index in [0.29, 0.717) is 5.69 Å². The molecule has 0 spiro atoms. The van der Waals surface area contributed by atoms with Crippen molar-refractivity contribution in [1.82, 2.24) is 0 Å². The first kappa shape index (κ1) is 16.3. The maximum absolute atomic E-state index is 13.7. The van der Waals surface area contributed by atoms with Gasteiger partial charge in [0.05, 0.1) is 16.9 Å². The quantitative estimate of drug-likeness (QED) is 0.632. The molecule has 0 aliphatic carbocycles. The molecule has 0 radical (unpaired) electrons. The van der Waals surface area contributed by atoms with Crippen molar-refractivity contribution in [2.75, 3.05) is 11.1 Å². The summed E-state index contributed by atoms with van der Waals surface area (Å²) in [5, 5.41) is 12.1. The van der Waals surface area contributed by atoms with E-state index in [2.05, 4.69) is 19.2 Å². The fourth-order valence-corrected chi connectivity index (χ4v) is 2.19.